The Morgan fingerprint density at radius 2 is 1.78 bits per heavy atom. The number of ketones is 1. The van der Waals surface area contributed by atoms with Crippen molar-refractivity contribution in [1.29, 1.82) is 0 Å². The molecule has 2 aliphatic carbocycles. The van der Waals surface area contributed by atoms with Gasteiger partial charge in [0.15, 0.2) is 17.3 Å². The van der Waals surface area contributed by atoms with Crippen molar-refractivity contribution in [3.63, 3.8) is 0 Å². The summed E-state index contributed by atoms with van der Waals surface area (Å²) in [6.07, 6.45) is 6.17. The Labute approximate surface area is 211 Å². The van der Waals surface area contributed by atoms with E-state index in [1.807, 2.05) is 6.92 Å². The molecule has 8 heteroatoms. The van der Waals surface area contributed by atoms with Crippen LogP contribution in [0.2, 0.25) is 0 Å². The van der Waals surface area contributed by atoms with Crippen LogP contribution in [0.15, 0.2) is 40.7 Å². The number of carbonyl (C=O) groups excluding carboxylic acids is 3. The molecule has 2 N–H and O–H groups in total. The fourth-order valence-electron chi connectivity index (χ4n) is 5.75. The highest BCUT2D eigenvalue weighted by molar-refractivity contribution is 6.12. The molecule has 0 bridgehead atoms. The summed E-state index contributed by atoms with van der Waals surface area (Å²) in [5.74, 6) is -3.33. The molecule has 1 fully saturated rings. The van der Waals surface area contributed by atoms with Gasteiger partial charge in [-0.25, -0.2) is 4.79 Å². The van der Waals surface area contributed by atoms with E-state index in [1.54, 1.807) is 19.1 Å². The van der Waals surface area contributed by atoms with Crippen LogP contribution in [-0.2, 0) is 23.9 Å². The van der Waals surface area contributed by atoms with Crippen LogP contribution in [0.1, 0.15) is 70.3 Å². The molecule has 1 saturated carbocycles. The molecule has 0 unspecified atom stereocenters. The van der Waals surface area contributed by atoms with Crippen LogP contribution in [0.5, 0.6) is 11.5 Å². The summed E-state index contributed by atoms with van der Waals surface area (Å²) in [5, 5.41) is 13.8. The zero-order valence-corrected chi connectivity index (χ0v) is 21.4. The normalized spacial score (nSPS) is 25.0. The first-order valence-corrected chi connectivity index (χ1v) is 12.7. The lowest BCUT2D eigenvalue weighted by Gasteiger charge is -2.38. The Morgan fingerprint density at radius 1 is 1.08 bits per heavy atom. The summed E-state index contributed by atoms with van der Waals surface area (Å²) in [5.41, 5.74) is 2.47. The van der Waals surface area contributed by atoms with Gasteiger partial charge < -0.3 is 24.6 Å². The first kappa shape index (κ1) is 25.8. The highest BCUT2D eigenvalue weighted by Crippen LogP contribution is 2.47. The molecule has 3 aliphatic rings. The van der Waals surface area contributed by atoms with E-state index < -0.39 is 23.8 Å². The molecule has 0 radical (unpaired) electrons. The SMILES string of the molecule is COC(=O)[C@H]1C(=O)C2=C(C[C@H]1C)NC(C)=C(C(=O)OC1CCCCCC1)[C@@H]2c1ccc(OC)c(O)c1. The third-order valence-corrected chi connectivity index (χ3v) is 7.58. The number of dihydropyridines is 1. The fourth-order valence-corrected chi connectivity index (χ4v) is 5.75. The molecule has 1 aromatic rings. The standard InChI is InChI=1S/C28H35NO7/c1-15-13-19-25(26(31)22(15)27(32)35-4)24(17-11-12-21(34-3)20(30)14-17)23(16(2)29-19)28(33)36-18-9-7-5-6-8-10-18/h11-12,14-15,18,22,24,29-30H,5-10,13H2,1-4H3/t15-,22-,24+/m1/s1. The predicted molar refractivity (Wildman–Crippen MR) is 132 cm³/mol. The highest BCUT2D eigenvalue weighted by Gasteiger charge is 2.47. The van der Waals surface area contributed by atoms with Gasteiger partial charge in [0, 0.05) is 22.9 Å². The van der Waals surface area contributed by atoms with Crippen LogP contribution < -0.4 is 10.1 Å². The van der Waals surface area contributed by atoms with Crippen LogP contribution in [-0.4, -0.2) is 43.2 Å². The molecule has 8 nitrogen and oxygen atoms in total. The van der Waals surface area contributed by atoms with Gasteiger partial charge in [-0.05, 0) is 62.6 Å². The molecular weight excluding hydrogens is 462 g/mol. The second-order valence-corrected chi connectivity index (χ2v) is 9.99. The number of aromatic hydroxyl groups is 1. The number of esters is 2. The first-order valence-electron chi connectivity index (χ1n) is 12.7. The van der Waals surface area contributed by atoms with Crippen LogP contribution in [0.4, 0.5) is 0 Å². The number of benzene rings is 1. The van der Waals surface area contributed by atoms with Crippen molar-refractivity contribution in [3.05, 3.63) is 46.3 Å². The maximum Gasteiger partial charge on any atom is 0.337 e. The molecule has 0 spiro atoms. The number of phenolic OH excluding ortho intramolecular Hbond substituents is 1. The summed E-state index contributed by atoms with van der Waals surface area (Å²) in [6.45, 7) is 3.64. The number of carbonyl (C=O) groups is 3. The average Bonchev–Trinajstić information content (AvgIpc) is 3.11. The van der Waals surface area contributed by atoms with E-state index in [4.69, 9.17) is 14.2 Å². The topological polar surface area (TPSA) is 111 Å². The highest BCUT2D eigenvalue weighted by atomic mass is 16.5. The Morgan fingerprint density at radius 3 is 2.39 bits per heavy atom. The molecule has 1 heterocycles. The molecule has 3 atom stereocenters. The number of phenols is 1. The Hall–Kier alpha value is -3.29. The smallest absolute Gasteiger partial charge is 0.337 e. The summed E-state index contributed by atoms with van der Waals surface area (Å²) < 4.78 is 16.1. The van der Waals surface area contributed by atoms with Crippen molar-refractivity contribution < 1.29 is 33.7 Å². The molecule has 194 valence electrons. The van der Waals surface area contributed by atoms with Gasteiger partial charge in [-0.1, -0.05) is 25.8 Å². The zero-order valence-electron chi connectivity index (χ0n) is 21.4. The maximum atomic E-state index is 13.8. The molecular formula is C28H35NO7. The lowest BCUT2D eigenvalue weighted by Crippen LogP contribution is -2.43. The Balaban J connectivity index is 1.79. The molecule has 1 aromatic carbocycles. The Kier molecular flexibility index (Phi) is 7.71. The largest absolute Gasteiger partial charge is 0.504 e. The lowest BCUT2D eigenvalue weighted by atomic mass is 9.69. The van der Waals surface area contributed by atoms with E-state index in [-0.39, 0.29) is 29.3 Å². The minimum atomic E-state index is -0.970. The minimum absolute atomic E-state index is 0.106. The first-order chi connectivity index (χ1) is 17.3. The minimum Gasteiger partial charge on any atom is -0.504 e. The number of Topliss-reactive ketones (excluding diaryl/α,β-unsaturated/α-hetero) is 1. The van der Waals surface area contributed by atoms with Crippen LogP contribution in [0, 0.1) is 11.8 Å². The monoisotopic (exact) mass is 497 g/mol. The summed E-state index contributed by atoms with van der Waals surface area (Å²) in [6, 6.07) is 4.83. The van der Waals surface area contributed by atoms with Crippen molar-refractivity contribution in [2.75, 3.05) is 14.2 Å². The number of hydrogen-bond donors (Lipinski definition) is 2. The molecule has 0 saturated heterocycles. The van der Waals surface area contributed by atoms with E-state index in [9.17, 15) is 19.5 Å². The Bertz CT molecular complexity index is 1110. The molecule has 36 heavy (non-hydrogen) atoms. The van der Waals surface area contributed by atoms with Gasteiger partial charge in [0.1, 0.15) is 12.0 Å². The van der Waals surface area contributed by atoms with Gasteiger partial charge in [-0.15, -0.1) is 0 Å². The molecule has 4 rings (SSSR count). The van der Waals surface area contributed by atoms with Gasteiger partial charge in [0.05, 0.1) is 19.8 Å². The van der Waals surface area contributed by atoms with E-state index >= 15 is 0 Å². The summed E-state index contributed by atoms with van der Waals surface area (Å²) in [4.78, 5) is 40.0. The summed E-state index contributed by atoms with van der Waals surface area (Å²) in [7, 11) is 2.72. The van der Waals surface area contributed by atoms with E-state index in [0.29, 0.717) is 34.5 Å². The third-order valence-electron chi connectivity index (χ3n) is 7.58. The average molecular weight is 498 g/mol. The van der Waals surface area contributed by atoms with Gasteiger partial charge in [-0.3, -0.25) is 9.59 Å². The van der Waals surface area contributed by atoms with E-state index in [2.05, 4.69) is 5.32 Å². The van der Waals surface area contributed by atoms with Gasteiger partial charge >= 0.3 is 11.9 Å². The number of hydrogen-bond acceptors (Lipinski definition) is 8. The predicted octanol–water partition coefficient (Wildman–Crippen LogP) is 4.28. The molecule has 1 aliphatic heterocycles. The summed E-state index contributed by atoms with van der Waals surface area (Å²) >= 11 is 0. The number of methoxy groups -OCH3 is 2. The van der Waals surface area contributed by atoms with Crippen molar-refractivity contribution in [2.24, 2.45) is 11.8 Å². The van der Waals surface area contributed by atoms with Crippen LogP contribution in [0.25, 0.3) is 0 Å². The number of ether oxygens (including phenoxy) is 3. The van der Waals surface area contributed by atoms with E-state index in [1.165, 1.54) is 20.3 Å². The third kappa shape index (κ3) is 4.86. The van der Waals surface area contributed by atoms with Gasteiger partial charge in [0.2, 0.25) is 0 Å². The van der Waals surface area contributed by atoms with Gasteiger partial charge in [-0.2, -0.15) is 0 Å². The van der Waals surface area contributed by atoms with Crippen molar-refractivity contribution in [2.45, 2.75) is 70.8 Å². The molecule has 0 amide bonds. The van der Waals surface area contributed by atoms with E-state index in [0.717, 1.165) is 38.5 Å². The van der Waals surface area contributed by atoms with Crippen molar-refractivity contribution in [1.82, 2.24) is 5.32 Å². The molecule has 0 aromatic heterocycles. The van der Waals surface area contributed by atoms with Crippen LogP contribution >= 0.6 is 0 Å². The number of nitrogens with one attached hydrogen (secondary N) is 1. The van der Waals surface area contributed by atoms with Crippen molar-refractivity contribution in [3.8, 4) is 11.5 Å². The van der Waals surface area contributed by atoms with Gasteiger partial charge in [0.25, 0.3) is 0 Å². The van der Waals surface area contributed by atoms with Crippen molar-refractivity contribution >= 4 is 17.7 Å². The number of rotatable bonds is 5. The lowest BCUT2D eigenvalue weighted by molar-refractivity contribution is -0.151. The quantitative estimate of drug-likeness (QED) is 0.352. The fraction of sp³-hybridized carbons (Fsp3) is 0.536. The zero-order chi connectivity index (χ0) is 26.0. The van der Waals surface area contributed by atoms with Crippen LogP contribution in [0.3, 0.4) is 0 Å². The second-order valence-electron chi connectivity index (χ2n) is 9.99. The second kappa shape index (κ2) is 10.8. The maximum absolute atomic E-state index is 13.8. The number of allylic oxidation sites excluding steroid dienone is 3.